The van der Waals surface area contributed by atoms with Crippen LogP contribution >= 0.6 is 0 Å². The van der Waals surface area contributed by atoms with E-state index in [4.69, 9.17) is 0 Å². The summed E-state index contributed by atoms with van der Waals surface area (Å²) in [6, 6.07) is 7.95. The van der Waals surface area contributed by atoms with Crippen molar-refractivity contribution in [3.8, 4) is 0 Å². The van der Waals surface area contributed by atoms with Crippen LogP contribution in [0, 0.1) is 20.8 Å². The second-order valence-electron chi connectivity index (χ2n) is 4.54. The summed E-state index contributed by atoms with van der Waals surface area (Å²) >= 11 is 0. The molecule has 1 amide bonds. The van der Waals surface area contributed by atoms with Crippen molar-refractivity contribution >= 4 is 11.7 Å². The van der Waals surface area contributed by atoms with E-state index in [-0.39, 0.29) is 5.91 Å². The highest BCUT2D eigenvalue weighted by Gasteiger charge is 2.09. The Morgan fingerprint density at radius 3 is 2.72 bits per heavy atom. The summed E-state index contributed by atoms with van der Waals surface area (Å²) in [5.74, 6) is 0.570. The number of aryl methyl sites for hydroxylation is 2. The summed E-state index contributed by atoms with van der Waals surface area (Å²) < 4.78 is 0. The van der Waals surface area contributed by atoms with E-state index in [1.165, 1.54) is 0 Å². The Morgan fingerprint density at radius 2 is 2.11 bits per heavy atom. The van der Waals surface area contributed by atoms with Gasteiger partial charge in [-0.25, -0.2) is 0 Å². The summed E-state index contributed by atoms with van der Waals surface area (Å²) in [6.45, 7) is 5.88. The minimum Gasteiger partial charge on any atom is -0.309 e. The van der Waals surface area contributed by atoms with Crippen LogP contribution < -0.4 is 5.32 Å². The van der Waals surface area contributed by atoms with Gasteiger partial charge in [0.2, 0.25) is 5.91 Å². The Labute approximate surface area is 106 Å². The number of amides is 1. The zero-order valence-electron chi connectivity index (χ0n) is 10.9. The molecule has 0 aliphatic heterocycles. The van der Waals surface area contributed by atoms with Gasteiger partial charge in [-0.1, -0.05) is 29.8 Å². The fraction of sp³-hybridized carbons (Fsp3) is 0.286. The zero-order valence-corrected chi connectivity index (χ0v) is 10.9. The van der Waals surface area contributed by atoms with Gasteiger partial charge in [0.1, 0.15) is 0 Å². The Kier molecular flexibility index (Phi) is 3.46. The number of hydrogen-bond acceptors (Lipinski definition) is 2. The third kappa shape index (κ3) is 2.77. The van der Waals surface area contributed by atoms with Crippen LogP contribution in [0.3, 0.4) is 0 Å². The van der Waals surface area contributed by atoms with Crippen LogP contribution in [0.15, 0.2) is 24.3 Å². The number of nitrogens with one attached hydrogen (secondary N) is 2. The van der Waals surface area contributed by atoms with E-state index in [9.17, 15) is 4.79 Å². The van der Waals surface area contributed by atoms with Crippen LogP contribution in [0.25, 0.3) is 0 Å². The fourth-order valence-corrected chi connectivity index (χ4v) is 1.79. The van der Waals surface area contributed by atoms with Gasteiger partial charge < -0.3 is 5.32 Å². The zero-order chi connectivity index (χ0) is 13.1. The summed E-state index contributed by atoms with van der Waals surface area (Å²) in [7, 11) is 0. The first-order valence-corrected chi connectivity index (χ1v) is 5.93. The largest absolute Gasteiger partial charge is 0.309 e. The Hall–Kier alpha value is -2.10. The molecule has 0 radical (unpaired) electrons. The second kappa shape index (κ2) is 5.04. The molecule has 2 N–H and O–H groups in total. The molecule has 1 aromatic carbocycles. The highest BCUT2D eigenvalue weighted by molar-refractivity contribution is 5.92. The molecule has 2 aromatic rings. The van der Waals surface area contributed by atoms with Crippen molar-refractivity contribution < 1.29 is 4.79 Å². The molecule has 94 valence electrons. The highest BCUT2D eigenvalue weighted by atomic mass is 16.1. The van der Waals surface area contributed by atoms with Gasteiger partial charge in [-0.2, -0.15) is 5.10 Å². The second-order valence-corrected chi connectivity index (χ2v) is 4.54. The lowest BCUT2D eigenvalue weighted by molar-refractivity contribution is -0.115. The first-order valence-electron chi connectivity index (χ1n) is 5.93. The normalized spacial score (nSPS) is 10.4. The molecule has 1 aromatic heterocycles. The average Bonchev–Trinajstić information content (AvgIpc) is 2.61. The van der Waals surface area contributed by atoms with Crippen molar-refractivity contribution in [2.75, 3.05) is 5.32 Å². The molecule has 0 bridgehead atoms. The maximum atomic E-state index is 11.9. The summed E-state index contributed by atoms with van der Waals surface area (Å²) in [5.41, 5.74) is 4.12. The maximum Gasteiger partial charge on any atom is 0.230 e. The summed E-state index contributed by atoms with van der Waals surface area (Å²) in [5, 5.41) is 9.73. The maximum absolute atomic E-state index is 11.9. The number of hydrogen-bond donors (Lipinski definition) is 2. The first-order chi connectivity index (χ1) is 8.56. The van der Waals surface area contributed by atoms with Crippen LogP contribution in [0.5, 0.6) is 0 Å². The molecule has 0 saturated heterocycles. The number of carbonyl (C=O) groups is 1. The van der Waals surface area contributed by atoms with Crippen molar-refractivity contribution in [3.63, 3.8) is 0 Å². The number of H-pyrrole nitrogens is 1. The van der Waals surface area contributed by atoms with Crippen LogP contribution in [0.2, 0.25) is 0 Å². The quantitative estimate of drug-likeness (QED) is 0.870. The Bertz CT molecular complexity index is 572. The molecule has 0 spiro atoms. The topological polar surface area (TPSA) is 57.8 Å². The number of carbonyl (C=O) groups excluding carboxylic acids is 1. The molecular weight excluding hydrogens is 226 g/mol. The molecule has 0 aliphatic rings. The van der Waals surface area contributed by atoms with E-state index < -0.39 is 0 Å². The van der Waals surface area contributed by atoms with Crippen molar-refractivity contribution in [2.45, 2.75) is 27.2 Å². The van der Waals surface area contributed by atoms with Crippen molar-refractivity contribution in [1.82, 2.24) is 10.2 Å². The van der Waals surface area contributed by atoms with Gasteiger partial charge in [0.05, 0.1) is 6.42 Å². The van der Waals surface area contributed by atoms with Crippen molar-refractivity contribution in [3.05, 3.63) is 46.6 Å². The minimum atomic E-state index is -0.0461. The van der Waals surface area contributed by atoms with Crippen LogP contribution in [-0.2, 0) is 11.2 Å². The van der Waals surface area contributed by atoms with E-state index in [0.717, 1.165) is 22.4 Å². The summed E-state index contributed by atoms with van der Waals surface area (Å²) in [4.78, 5) is 11.9. The number of rotatable bonds is 3. The van der Waals surface area contributed by atoms with Crippen LogP contribution in [0.1, 0.15) is 22.4 Å². The van der Waals surface area contributed by atoms with E-state index in [1.807, 2.05) is 45.0 Å². The molecule has 0 unspecified atom stereocenters. The van der Waals surface area contributed by atoms with E-state index in [2.05, 4.69) is 15.5 Å². The molecule has 18 heavy (non-hydrogen) atoms. The molecule has 0 aliphatic carbocycles. The van der Waals surface area contributed by atoms with E-state index in [0.29, 0.717) is 12.2 Å². The minimum absolute atomic E-state index is 0.0461. The number of aromatic amines is 1. The van der Waals surface area contributed by atoms with E-state index >= 15 is 0 Å². The molecule has 0 atom stereocenters. The van der Waals surface area contributed by atoms with Crippen molar-refractivity contribution in [1.29, 1.82) is 0 Å². The highest BCUT2D eigenvalue weighted by Crippen LogP contribution is 2.14. The van der Waals surface area contributed by atoms with Crippen LogP contribution in [-0.4, -0.2) is 16.1 Å². The lowest BCUT2D eigenvalue weighted by Gasteiger charge is -2.04. The number of aromatic nitrogens is 2. The fourth-order valence-electron chi connectivity index (χ4n) is 1.79. The van der Waals surface area contributed by atoms with Gasteiger partial charge in [0, 0.05) is 11.3 Å². The van der Waals surface area contributed by atoms with Gasteiger partial charge >= 0.3 is 0 Å². The predicted molar refractivity (Wildman–Crippen MR) is 71.6 cm³/mol. The SMILES string of the molecule is Cc1cccc(CC(=O)Nc2n[nH]c(C)c2C)c1. The summed E-state index contributed by atoms with van der Waals surface area (Å²) in [6.07, 6.45) is 0.368. The van der Waals surface area contributed by atoms with Gasteiger partial charge in [-0.15, -0.1) is 0 Å². The molecule has 4 nitrogen and oxygen atoms in total. The number of anilines is 1. The monoisotopic (exact) mass is 243 g/mol. The number of nitrogens with zero attached hydrogens (tertiary/aromatic N) is 1. The standard InChI is InChI=1S/C14H17N3O/c1-9-5-4-6-12(7-9)8-13(18)15-14-10(2)11(3)16-17-14/h4-7H,8H2,1-3H3,(H2,15,16,17,18). The smallest absolute Gasteiger partial charge is 0.230 e. The molecule has 2 rings (SSSR count). The van der Waals surface area contributed by atoms with Crippen LogP contribution in [0.4, 0.5) is 5.82 Å². The lowest BCUT2D eigenvalue weighted by Crippen LogP contribution is -2.15. The molecule has 1 heterocycles. The first kappa shape index (κ1) is 12.4. The number of benzene rings is 1. The van der Waals surface area contributed by atoms with Gasteiger partial charge in [-0.3, -0.25) is 9.89 Å². The van der Waals surface area contributed by atoms with E-state index in [1.54, 1.807) is 0 Å². The Balaban J connectivity index is 2.03. The molecule has 0 fully saturated rings. The van der Waals surface area contributed by atoms with Crippen molar-refractivity contribution in [2.24, 2.45) is 0 Å². The molecule has 4 heteroatoms. The molecular formula is C14H17N3O. The third-order valence-corrected chi connectivity index (χ3v) is 2.96. The van der Waals surface area contributed by atoms with Gasteiger partial charge in [-0.05, 0) is 26.3 Å². The molecule has 0 saturated carbocycles. The lowest BCUT2D eigenvalue weighted by atomic mass is 10.1. The predicted octanol–water partition coefficient (Wildman–Crippen LogP) is 2.52. The van der Waals surface area contributed by atoms with Gasteiger partial charge in [0.25, 0.3) is 0 Å². The average molecular weight is 243 g/mol. The Morgan fingerprint density at radius 1 is 1.33 bits per heavy atom. The third-order valence-electron chi connectivity index (χ3n) is 2.96. The van der Waals surface area contributed by atoms with Gasteiger partial charge in [0.15, 0.2) is 5.82 Å².